The van der Waals surface area contributed by atoms with Crippen LogP contribution in [0.3, 0.4) is 0 Å². The van der Waals surface area contributed by atoms with E-state index in [0.717, 1.165) is 0 Å². The van der Waals surface area contributed by atoms with Gasteiger partial charge in [0.05, 0.1) is 21.4 Å². The van der Waals surface area contributed by atoms with Crippen molar-refractivity contribution in [1.29, 1.82) is 0 Å². The average molecular weight is 289 g/mol. The van der Waals surface area contributed by atoms with E-state index in [4.69, 9.17) is 5.11 Å². The highest BCUT2D eigenvalue weighted by Gasteiger charge is 2.19. The van der Waals surface area contributed by atoms with Crippen molar-refractivity contribution in [1.82, 2.24) is 10.3 Å². The lowest BCUT2D eigenvalue weighted by Gasteiger charge is -2.13. The first-order valence-corrected chi connectivity index (χ1v) is 6.48. The van der Waals surface area contributed by atoms with Crippen LogP contribution in [0.15, 0.2) is 30.5 Å². The molecule has 0 spiro atoms. The SMILES string of the molecule is CC(CCO)NC(=O)c1ccc([N+](=O)[O-])c2cccnc12. The molecular weight excluding hydrogens is 274 g/mol. The van der Waals surface area contributed by atoms with E-state index in [9.17, 15) is 14.9 Å². The molecular formula is C14H15N3O4. The third kappa shape index (κ3) is 3.14. The van der Waals surface area contributed by atoms with Gasteiger partial charge in [0.1, 0.15) is 0 Å². The number of aliphatic hydroxyl groups is 1. The molecule has 0 aliphatic carbocycles. The largest absolute Gasteiger partial charge is 0.396 e. The standard InChI is InChI=1S/C14H15N3O4/c1-9(6-8-18)16-14(19)11-4-5-12(17(20)21)10-3-2-7-15-13(10)11/h2-5,7,9,18H,6,8H2,1H3,(H,16,19). The first-order chi connectivity index (χ1) is 10.0. The number of hydrogen-bond acceptors (Lipinski definition) is 5. The first-order valence-electron chi connectivity index (χ1n) is 6.48. The van der Waals surface area contributed by atoms with Crippen LogP contribution in [0.2, 0.25) is 0 Å². The Bertz CT molecular complexity index is 687. The van der Waals surface area contributed by atoms with Crippen molar-refractivity contribution in [2.75, 3.05) is 6.61 Å². The number of nitrogens with one attached hydrogen (secondary N) is 1. The molecule has 1 heterocycles. The van der Waals surface area contributed by atoms with Crippen molar-refractivity contribution < 1.29 is 14.8 Å². The molecule has 1 amide bonds. The smallest absolute Gasteiger partial charge is 0.278 e. The number of hydrogen-bond donors (Lipinski definition) is 2. The number of carbonyl (C=O) groups is 1. The lowest BCUT2D eigenvalue weighted by Crippen LogP contribution is -2.33. The highest BCUT2D eigenvalue weighted by molar-refractivity contribution is 6.07. The topological polar surface area (TPSA) is 105 Å². The second kappa shape index (κ2) is 6.27. The quantitative estimate of drug-likeness (QED) is 0.643. The number of nitrogens with zero attached hydrogens (tertiary/aromatic N) is 2. The molecule has 2 aromatic rings. The summed E-state index contributed by atoms with van der Waals surface area (Å²) in [5.41, 5.74) is 0.486. The Morgan fingerprint density at radius 2 is 2.24 bits per heavy atom. The fourth-order valence-electron chi connectivity index (χ4n) is 2.07. The van der Waals surface area contributed by atoms with Gasteiger partial charge >= 0.3 is 0 Å². The molecule has 2 N–H and O–H groups in total. The van der Waals surface area contributed by atoms with E-state index in [0.29, 0.717) is 17.3 Å². The number of aliphatic hydroxyl groups excluding tert-OH is 1. The van der Waals surface area contributed by atoms with Crippen molar-refractivity contribution in [2.24, 2.45) is 0 Å². The minimum atomic E-state index is -0.500. The van der Waals surface area contributed by atoms with Crippen LogP contribution in [0.1, 0.15) is 23.7 Å². The first kappa shape index (κ1) is 14.9. The minimum Gasteiger partial charge on any atom is -0.396 e. The number of nitro benzene ring substituents is 1. The second-order valence-electron chi connectivity index (χ2n) is 4.68. The lowest BCUT2D eigenvalue weighted by atomic mass is 10.1. The zero-order valence-electron chi connectivity index (χ0n) is 11.4. The molecule has 1 aromatic carbocycles. The number of non-ortho nitro benzene ring substituents is 1. The monoisotopic (exact) mass is 289 g/mol. The number of benzene rings is 1. The molecule has 0 aliphatic heterocycles. The second-order valence-corrected chi connectivity index (χ2v) is 4.68. The van der Waals surface area contributed by atoms with Crippen LogP contribution in [-0.4, -0.2) is 33.6 Å². The number of carbonyl (C=O) groups excluding carboxylic acids is 1. The van der Waals surface area contributed by atoms with Crippen molar-refractivity contribution in [3.8, 4) is 0 Å². The molecule has 0 bridgehead atoms. The maximum absolute atomic E-state index is 12.2. The number of aromatic nitrogens is 1. The van der Waals surface area contributed by atoms with Crippen molar-refractivity contribution >= 4 is 22.5 Å². The Morgan fingerprint density at radius 1 is 1.48 bits per heavy atom. The third-order valence-corrected chi connectivity index (χ3v) is 3.13. The predicted molar refractivity (Wildman–Crippen MR) is 77.0 cm³/mol. The molecule has 0 radical (unpaired) electrons. The summed E-state index contributed by atoms with van der Waals surface area (Å²) in [5, 5.41) is 22.9. The van der Waals surface area contributed by atoms with Crippen LogP contribution in [0.25, 0.3) is 10.9 Å². The summed E-state index contributed by atoms with van der Waals surface area (Å²) in [4.78, 5) is 26.8. The molecule has 1 aromatic heterocycles. The summed E-state index contributed by atoms with van der Waals surface area (Å²) in [5.74, 6) is -0.366. The van der Waals surface area contributed by atoms with E-state index < -0.39 is 4.92 Å². The van der Waals surface area contributed by atoms with Gasteiger partial charge in [-0.1, -0.05) is 0 Å². The van der Waals surface area contributed by atoms with Gasteiger partial charge in [0.25, 0.3) is 11.6 Å². The molecule has 0 fully saturated rings. The van der Waals surface area contributed by atoms with Crippen LogP contribution < -0.4 is 5.32 Å². The van der Waals surface area contributed by atoms with Gasteiger partial charge in [-0.05, 0) is 31.5 Å². The summed E-state index contributed by atoms with van der Waals surface area (Å²) >= 11 is 0. The highest BCUT2D eigenvalue weighted by atomic mass is 16.6. The van der Waals surface area contributed by atoms with Crippen molar-refractivity contribution in [3.63, 3.8) is 0 Å². The van der Waals surface area contributed by atoms with Gasteiger partial charge in [-0.3, -0.25) is 19.9 Å². The zero-order valence-corrected chi connectivity index (χ0v) is 11.4. The zero-order chi connectivity index (χ0) is 15.4. The van der Waals surface area contributed by atoms with Crippen LogP contribution in [0, 0.1) is 10.1 Å². The van der Waals surface area contributed by atoms with E-state index in [2.05, 4.69) is 10.3 Å². The molecule has 7 nitrogen and oxygen atoms in total. The summed E-state index contributed by atoms with van der Waals surface area (Å²) in [6.45, 7) is 1.75. The number of nitro groups is 1. The van der Waals surface area contributed by atoms with Crippen molar-refractivity contribution in [2.45, 2.75) is 19.4 Å². The molecule has 110 valence electrons. The van der Waals surface area contributed by atoms with Gasteiger partial charge in [0.15, 0.2) is 0 Å². The van der Waals surface area contributed by atoms with Gasteiger partial charge in [-0.15, -0.1) is 0 Å². The summed E-state index contributed by atoms with van der Waals surface area (Å²) in [6.07, 6.45) is 1.92. The van der Waals surface area contributed by atoms with Gasteiger partial charge < -0.3 is 10.4 Å². The molecule has 0 saturated carbocycles. The van der Waals surface area contributed by atoms with Crippen LogP contribution in [0.4, 0.5) is 5.69 Å². The van der Waals surface area contributed by atoms with Crippen LogP contribution in [-0.2, 0) is 0 Å². The van der Waals surface area contributed by atoms with Gasteiger partial charge in [-0.2, -0.15) is 0 Å². The number of rotatable bonds is 5. The van der Waals surface area contributed by atoms with E-state index >= 15 is 0 Å². The fourth-order valence-corrected chi connectivity index (χ4v) is 2.07. The molecule has 7 heteroatoms. The molecule has 21 heavy (non-hydrogen) atoms. The third-order valence-electron chi connectivity index (χ3n) is 3.13. The Hall–Kier alpha value is -2.54. The van der Waals surface area contributed by atoms with Crippen molar-refractivity contribution in [3.05, 3.63) is 46.1 Å². The Morgan fingerprint density at radius 3 is 2.90 bits per heavy atom. The van der Waals surface area contributed by atoms with Gasteiger partial charge in [0, 0.05) is 24.9 Å². The minimum absolute atomic E-state index is 0.0271. The lowest BCUT2D eigenvalue weighted by molar-refractivity contribution is -0.383. The van der Waals surface area contributed by atoms with Gasteiger partial charge in [0.2, 0.25) is 0 Å². The van der Waals surface area contributed by atoms with E-state index in [-0.39, 0.29) is 29.8 Å². The number of pyridine rings is 1. The number of amides is 1. The van der Waals surface area contributed by atoms with E-state index in [1.807, 2.05) is 0 Å². The molecule has 0 aliphatic rings. The van der Waals surface area contributed by atoms with Gasteiger partial charge in [-0.25, -0.2) is 0 Å². The Balaban J connectivity index is 2.44. The normalized spacial score (nSPS) is 12.1. The Kier molecular flexibility index (Phi) is 4.44. The molecule has 1 atom stereocenters. The van der Waals surface area contributed by atoms with Crippen LogP contribution >= 0.6 is 0 Å². The number of fused-ring (bicyclic) bond motifs is 1. The van der Waals surface area contributed by atoms with E-state index in [1.54, 1.807) is 19.1 Å². The summed E-state index contributed by atoms with van der Waals surface area (Å²) in [6, 6.07) is 5.65. The Labute approximate surface area is 120 Å². The highest BCUT2D eigenvalue weighted by Crippen LogP contribution is 2.26. The van der Waals surface area contributed by atoms with Crippen LogP contribution in [0.5, 0.6) is 0 Å². The summed E-state index contributed by atoms with van der Waals surface area (Å²) in [7, 11) is 0. The summed E-state index contributed by atoms with van der Waals surface area (Å²) < 4.78 is 0. The molecule has 1 unspecified atom stereocenters. The predicted octanol–water partition coefficient (Wildman–Crippen LogP) is 1.64. The van der Waals surface area contributed by atoms with E-state index in [1.165, 1.54) is 18.3 Å². The maximum Gasteiger partial charge on any atom is 0.278 e. The molecule has 0 saturated heterocycles. The fraction of sp³-hybridized carbons (Fsp3) is 0.286. The molecule has 2 rings (SSSR count). The maximum atomic E-state index is 12.2. The average Bonchev–Trinajstić information content (AvgIpc) is 2.45.